The summed E-state index contributed by atoms with van der Waals surface area (Å²) in [7, 11) is 2.04. The van der Waals surface area contributed by atoms with Gasteiger partial charge in [0.2, 0.25) is 0 Å². The summed E-state index contributed by atoms with van der Waals surface area (Å²) in [4.78, 5) is 0. The lowest BCUT2D eigenvalue weighted by Crippen LogP contribution is -2.16. The SMILES string of the molecule is CNC(CCC1CCCC1)c1cc2cc(C)ccc2o1. The number of hydrogen-bond donors (Lipinski definition) is 1. The third kappa shape index (κ3) is 2.90. The predicted molar refractivity (Wildman–Crippen MR) is 83.9 cm³/mol. The van der Waals surface area contributed by atoms with Crippen LogP contribution >= 0.6 is 0 Å². The molecule has 108 valence electrons. The Balaban J connectivity index is 1.72. The Kier molecular flexibility index (Phi) is 4.11. The highest BCUT2D eigenvalue weighted by Gasteiger charge is 2.19. The first-order valence-electron chi connectivity index (χ1n) is 7.93. The first-order chi connectivity index (χ1) is 9.76. The number of benzene rings is 1. The van der Waals surface area contributed by atoms with Gasteiger partial charge in [-0.05, 0) is 50.9 Å². The zero-order valence-corrected chi connectivity index (χ0v) is 12.6. The molecule has 0 radical (unpaired) electrons. The maximum absolute atomic E-state index is 6.03. The third-order valence-corrected chi connectivity index (χ3v) is 4.72. The van der Waals surface area contributed by atoms with Gasteiger partial charge in [0.1, 0.15) is 11.3 Å². The van der Waals surface area contributed by atoms with Crippen molar-refractivity contribution in [2.75, 3.05) is 7.05 Å². The van der Waals surface area contributed by atoms with Crippen molar-refractivity contribution in [3.63, 3.8) is 0 Å². The molecule has 2 heteroatoms. The van der Waals surface area contributed by atoms with Crippen LogP contribution in [0.3, 0.4) is 0 Å². The van der Waals surface area contributed by atoms with E-state index < -0.39 is 0 Å². The molecule has 2 aromatic rings. The molecule has 1 heterocycles. The second-order valence-corrected chi connectivity index (χ2v) is 6.26. The van der Waals surface area contributed by atoms with E-state index in [0.29, 0.717) is 6.04 Å². The quantitative estimate of drug-likeness (QED) is 0.830. The summed E-state index contributed by atoms with van der Waals surface area (Å²) in [5.41, 5.74) is 2.29. The largest absolute Gasteiger partial charge is 0.459 e. The summed E-state index contributed by atoms with van der Waals surface area (Å²) in [6, 6.07) is 8.95. The Morgan fingerprint density at radius 2 is 2.05 bits per heavy atom. The molecule has 0 spiro atoms. The number of aryl methyl sites for hydroxylation is 1. The van der Waals surface area contributed by atoms with Crippen molar-refractivity contribution >= 4 is 11.0 Å². The smallest absolute Gasteiger partial charge is 0.134 e. The standard InChI is InChI=1S/C18H25NO/c1-13-7-10-17-15(11-13)12-18(20-17)16(19-2)9-8-14-5-3-4-6-14/h7,10-12,14,16,19H,3-6,8-9H2,1-2H3. The van der Waals surface area contributed by atoms with Crippen LogP contribution in [0.2, 0.25) is 0 Å². The van der Waals surface area contributed by atoms with Gasteiger partial charge < -0.3 is 9.73 Å². The van der Waals surface area contributed by atoms with Crippen LogP contribution in [-0.2, 0) is 0 Å². The van der Waals surface area contributed by atoms with Crippen molar-refractivity contribution in [3.05, 3.63) is 35.6 Å². The maximum Gasteiger partial charge on any atom is 0.134 e. The molecule has 2 nitrogen and oxygen atoms in total. The lowest BCUT2D eigenvalue weighted by atomic mass is 9.97. The molecular weight excluding hydrogens is 246 g/mol. The van der Waals surface area contributed by atoms with Crippen LogP contribution in [0, 0.1) is 12.8 Å². The van der Waals surface area contributed by atoms with E-state index in [9.17, 15) is 0 Å². The van der Waals surface area contributed by atoms with Crippen LogP contribution in [0.25, 0.3) is 11.0 Å². The Labute approximate surface area is 121 Å². The topological polar surface area (TPSA) is 25.2 Å². The second kappa shape index (κ2) is 6.01. The highest BCUT2D eigenvalue weighted by molar-refractivity contribution is 5.78. The van der Waals surface area contributed by atoms with Gasteiger partial charge in [-0.25, -0.2) is 0 Å². The fraction of sp³-hybridized carbons (Fsp3) is 0.556. The van der Waals surface area contributed by atoms with Gasteiger partial charge in [0, 0.05) is 5.39 Å². The normalized spacial score (nSPS) is 17.9. The van der Waals surface area contributed by atoms with Crippen LogP contribution in [0.4, 0.5) is 0 Å². The first-order valence-corrected chi connectivity index (χ1v) is 7.93. The molecule has 1 aromatic heterocycles. The van der Waals surface area contributed by atoms with Crippen LogP contribution in [0.15, 0.2) is 28.7 Å². The lowest BCUT2D eigenvalue weighted by molar-refractivity contribution is 0.383. The molecular formula is C18H25NO. The molecule has 0 aliphatic heterocycles. The second-order valence-electron chi connectivity index (χ2n) is 6.26. The van der Waals surface area contributed by atoms with Gasteiger partial charge in [0.05, 0.1) is 6.04 Å². The Morgan fingerprint density at radius 1 is 1.25 bits per heavy atom. The molecule has 1 aliphatic carbocycles. The van der Waals surface area contributed by atoms with Crippen molar-refractivity contribution in [1.82, 2.24) is 5.32 Å². The zero-order chi connectivity index (χ0) is 13.9. The number of fused-ring (bicyclic) bond motifs is 1. The first kappa shape index (κ1) is 13.7. The van der Waals surface area contributed by atoms with Gasteiger partial charge in [-0.2, -0.15) is 0 Å². The van der Waals surface area contributed by atoms with Crippen molar-refractivity contribution in [2.45, 2.75) is 51.5 Å². The van der Waals surface area contributed by atoms with Crippen LogP contribution in [-0.4, -0.2) is 7.05 Å². The fourth-order valence-corrected chi connectivity index (χ4v) is 3.49. The summed E-state index contributed by atoms with van der Waals surface area (Å²) in [6.45, 7) is 2.13. The molecule has 3 rings (SSSR count). The van der Waals surface area contributed by atoms with E-state index >= 15 is 0 Å². The summed E-state index contributed by atoms with van der Waals surface area (Å²) >= 11 is 0. The molecule has 1 unspecified atom stereocenters. The predicted octanol–water partition coefficient (Wildman–Crippen LogP) is 4.97. The highest BCUT2D eigenvalue weighted by Crippen LogP contribution is 2.33. The van der Waals surface area contributed by atoms with Gasteiger partial charge >= 0.3 is 0 Å². The zero-order valence-electron chi connectivity index (χ0n) is 12.6. The molecule has 0 saturated heterocycles. The molecule has 20 heavy (non-hydrogen) atoms. The minimum Gasteiger partial charge on any atom is -0.459 e. The van der Waals surface area contributed by atoms with E-state index in [4.69, 9.17) is 4.42 Å². The molecule has 1 aliphatic rings. The average Bonchev–Trinajstić information content (AvgIpc) is 3.08. The molecule has 1 aromatic carbocycles. The van der Waals surface area contributed by atoms with Crippen molar-refractivity contribution in [2.24, 2.45) is 5.92 Å². The number of rotatable bonds is 5. The molecule has 1 N–H and O–H groups in total. The number of hydrogen-bond acceptors (Lipinski definition) is 2. The molecule has 0 amide bonds. The van der Waals surface area contributed by atoms with Gasteiger partial charge in [-0.1, -0.05) is 37.3 Å². The Morgan fingerprint density at radius 3 is 2.80 bits per heavy atom. The lowest BCUT2D eigenvalue weighted by Gasteiger charge is -2.16. The summed E-state index contributed by atoms with van der Waals surface area (Å²) in [5, 5.41) is 4.65. The van der Waals surface area contributed by atoms with E-state index in [0.717, 1.165) is 17.3 Å². The molecule has 1 fully saturated rings. The number of nitrogens with one attached hydrogen (secondary N) is 1. The van der Waals surface area contributed by atoms with Crippen LogP contribution in [0.5, 0.6) is 0 Å². The molecule has 0 bridgehead atoms. The number of furan rings is 1. The monoisotopic (exact) mass is 271 g/mol. The minimum atomic E-state index is 0.350. The van der Waals surface area contributed by atoms with E-state index in [1.54, 1.807) is 0 Å². The van der Waals surface area contributed by atoms with Crippen LogP contribution < -0.4 is 5.32 Å². The van der Waals surface area contributed by atoms with Gasteiger partial charge in [0.25, 0.3) is 0 Å². The van der Waals surface area contributed by atoms with Gasteiger partial charge in [0.15, 0.2) is 0 Å². The van der Waals surface area contributed by atoms with Gasteiger partial charge in [-0.3, -0.25) is 0 Å². The minimum absolute atomic E-state index is 0.350. The van der Waals surface area contributed by atoms with E-state index in [2.05, 4.69) is 36.5 Å². The van der Waals surface area contributed by atoms with Crippen molar-refractivity contribution in [3.8, 4) is 0 Å². The average molecular weight is 271 g/mol. The van der Waals surface area contributed by atoms with Crippen LogP contribution in [0.1, 0.15) is 55.9 Å². The van der Waals surface area contributed by atoms with E-state index in [-0.39, 0.29) is 0 Å². The summed E-state index contributed by atoms with van der Waals surface area (Å²) in [5.74, 6) is 2.03. The summed E-state index contributed by atoms with van der Waals surface area (Å²) < 4.78 is 6.03. The highest BCUT2D eigenvalue weighted by atomic mass is 16.3. The molecule has 1 saturated carbocycles. The Bertz CT molecular complexity index is 566. The third-order valence-electron chi connectivity index (χ3n) is 4.72. The van der Waals surface area contributed by atoms with Crippen molar-refractivity contribution in [1.29, 1.82) is 0 Å². The summed E-state index contributed by atoms with van der Waals surface area (Å²) in [6.07, 6.45) is 8.21. The Hall–Kier alpha value is -1.28. The van der Waals surface area contributed by atoms with Crippen molar-refractivity contribution < 1.29 is 4.42 Å². The van der Waals surface area contributed by atoms with E-state index in [1.807, 2.05) is 7.05 Å². The van der Waals surface area contributed by atoms with Gasteiger partial charge in [-0.15, -0.1) is 0 Å². The molecule has 1 atom stereocenters. The fourth-order valence-electron chi connectivity index (χ4n) is 3.49. The maximum atomic E-state index is 6.03. The van der Waals surface area contributed by atoms with E-state index in [1.165, 1.54) is 49.5 Å².